The van der Waals surface area contributed by atoms with Crippen molar-refractivity contribution in [3.8, 4) is 11.5 Å². The van der Waals surface area contributed by atoms with Crippen LogP contribution in [0.1, 0.15) is 35.1 Å². The van der Waals surface area contributed by atoms with E-state index >= 15 is 0 Å². The number of rotatable bonds is 6. The summed E-state index contributed by atoms with van der Waals surface area (Å²) in [5.41, 5.74) is 2.57. The highest BCUT2D eigenvalue weighted by atomic mass is 79.9. The molecule has 1 fully saturated rings. The number of nitrogens with one attached hydrogen (secondary N) is 2. The van der Waals surface area contributed by atoms with Crippen molar-refractivity contribution in [1.82, 2.24) is 5.32 Å². The molecule has 5 rings (SSSR count). The number of amides is 1. The van der Waals surface area contributed by atoms with Gasteiger partial charge in [-0.05, 0) is 59.1 Å². The molecule has 9 heteroatoms. The van der Waals surface area contributed by atoms with Crippen LogP contribution in [-0.4, -0.2) is 30.0 Å². The molecule has 1 spiro atoms. The number of benzene rings is 3. The zero-order valence-electron chi connectivity index (χ0n) is 20.1. The van der Waals surface area contributed by atoms with Gasteiger partial charge in [0.15, 0.2) is 17.0 Å². The first-order valence-corrected chi connectivity index (χ1v) is 12.4. The highest BCUT2D eigenvalue weighted by Crippen LogP contribution is 2.51. The number of nitro groups is 1. The normalized spacial score (nSPS) is 24.4. The number of methoxy groups -OCH3 is 1. The van der Waals surface area contributed by atoms with E-state index in [4.69, 9.17) is 9.47 Å². The second-order valence-corrected chi connectivity index (χ2v) is 10.2. The van der Waals surface area contributed by atoms with E-state index in [1.165, 1.54) is 7.11 Å². The van der Waals surface area contributed by atoms with Gasteiger partial charge in [-0.25, -0.2) is 0 Å². The molecule has 4 atom stereocenters. The number of hydrogen-bond donors (Lipinski definition) is 2. The molecular formula is C27H26BrN3O5. The van der Waals surface area contributed by atoms with Crippen molar-refractivity contribution in [2.45, 2.75) is 44.0 Å². The van der Waals surface area contributed by atoms with Crippen LogP contribution < -0.4 is 20.1 Å². The lowest BCUT2D eigenvalue weighted by molar-refractivity contribution is -0.532. The van der Waals surface area contributed by atoms with Gasteiger partial charge in [0.05, 0.1) is 17.5 Å². The first kappa shape index (κ1) is 24.3. The van der Waals surface area contributed by atoms with Crippen LogP contribution in [-0.2, 0) is 16.9 Å². The third-order valence-corrected chi connectivity index (χ3v) is 7.69. The van der Waals surface area contributed by atoms with Crippen molar-refractivity contribution in [3.63, 3.8) is 0 Å². The number of carbonyl (C=O) groups is 1. The number of aryl methyl sites for hydroxylation is 1. The fraction of sp³-hybridized carbons (Fsp3) is 0.296. The molecule has 2 aliphatic rings. The van der Waals surface area contributed by atoms with Crippen LogP contribution in [0.3, 0.4) is 0 Å². The molecule has 0 radical (unpaired) electrons. The van der Waals surface area contributed by atoms with Gasteiger partial charge in [0.25, 0.3) is 11.9 Å². The van der Waals surface area contributed by atoms with Crippen LogP contribution in [0.5, 0.6) is 11.5 Å². The molecule has 1 amide bonds. The third-order valence-electron chi connectivity index (χ3n) is 7.10. The summed E-state index contributed by atoms with van der Waals surface area (Å²) in [5.74, 6) is -0.0492. The maximum Gasteiger partial charge on any atom is 0.256 e. The number of hydrogen-bond acceptors (Lipinski definition) is 6. The van der Waals surface area contributed by atoms with Gasteiger partial charge >= 0.3 is 0 Å². The van der Waals surface area contributed by atoms with Gasteiger partial charge in [-0.1, -0.05) is 48.0 Å². The average molecular weight is 552 g/mol. The average Bonchev–Trinajstić information content (AvgIpc) is 3.32. The quantitative estimate of drug-likeness (QED) is 0.333. The van der Waals surface area contributed by atoms with Crippen LogP contribution in [0.2, 0.25) is 0 Å². The number of anilines is 1. The van der Waals surface area contributed by atoms with Crippen molar-refractivity contribution < 1.29 is 19.2 Å². The summed E-state index contributed by atoms with van der Waals surface area (Å²) in [4.78, 5) is 25.5. The molecule has 3 aromatic carbocycles. The monoisotopic (exact) mass is 551 g/mol. The Hall–Kier alpha value is -3.43. The topological polar surface area (TPSA) is 103 Å². The molecule has 2 aliphatic heterocycles. The summed E-state index contributed by atoms with van der Waals surface area (Å²) in [6.45, 7) is 4.23. The highest BCUT2D eigenvalue weighted by molar-refractivity contribution is 9.10. The molecular weight excluding hydrogens is 526 g/mol. The van der Waals surface area contributed by atoms with Crippen LogP contribution in [0.4, 0.5) is 5.69 Å². The van der Waals surface area contributed by atoms with Gasteiger partial charge < -0.3 is 14.8 Å². The van der Waals surface area contributed by atoms with Crippen molar-refractivity contribution in [2.24, 2.45) is 0 Å². The van der Waals surface area contributed by atoms with E-state index < -0.39 is 23.4 Å². The van der Waals surface area contributed by atoms with Gasteiger partial charge in [0, 0.05) is 22.2 Å². The lowest BCUT2D eigenvalue weighted by Crippen LogP contribution is -2.54. The van der Waals surface area contributed by atoms with Gasteiger partial charge in [0.2, 0.25) is 0 Å². The van der Waals surface area contributed by atoms with E-state index in [0.717, 1.165) is 11.1 Å². The maximum atomic E-state index is 13.2. The zero-order chi connectivity index (χ0) is 25.6. The molecule has 0 bridgehead atoms. The summed E-state index contributed by atoms with van der Waals surface area (Å²) in [6.07, 6.45) is 0. The Morgan fingerprint density at radius 1 is 1.14 bits per heavy atom. The van der Waals surface area contributed by atoms with E-state index in [0.29, 0.717) is 39.4 Å². The predicted molar refractivity (Wildman–Crippen MR) is 139 cm³/mol. The third kappa shape index (κ3) is 3.83. The van der Waals surface area contributed by atoms with E-state index in [9.17, 15) is 14.9 Å². The molecule has 186 valence electrons. The number of halogens is 1. The second kappa shape index (κ2) is 9.22. The molecule has 2 heterocycles. The zero-order valence-corrected chi connectivity index (χ0v) is 21.7. The second-order valence-electron chi connectivity index (χ2n) is 9.31. The number of fused-ring (bicyclic) bond motifs is 2. The first-order chi connectivity index (χ1) is 17.3. The van der Waals surface area contributed by atoms with Crippen molar-refractivity contribution in [3.05, 3.63) is 97.5 Å². The fourth-order valence-corrected chi connectivity index (χ4v) is 6.04. The molecule has 3 aromatic rings. The molecule has 1 saturated heterocycles. The Kier molecular flexibility index (Phi) is 6.22. The number of carbonyl (C=O) groups excluding carboxylic acids is 1. The van der Waals surface area contributed by atoms with Crippen LogP contribution in [0, 0.1) is 17.0 Å². The smallest absolute Gasteiger partial charge is 0.256 e. The lowest BCUT2D eigenvalue weighted by atomic mass is 9.78. The molecule has 0 aliphatic carbocycles. The predicted octanol–water partition coefficient (Wildman–Crippen LogP) is 4.91. The Labute approximate surface area is 217 Å². The summed E-state index contributed by atoms with van der Waals surface area (Å²) in [6, 6.07) is 17.2. The van der Waals surface area contributed by atoms with E-state index in [1.54, 1.807) is 30.3 Å². The van der Waals surface area contributed by atoms with Crippen molar-refractivity contribution in [1.29, 1.82) is 0 Å². The van der Waals surface area contributed by atoms with Gasteiger partial charge in [-0.15, -0.1) is 0 Å². The lowest BCUT2D eigenvalue weighted by Gasteiger charge is -2.25. The van der Waals surface area contributed by atoms with Crippen molar-refractivity contribution >= 4 is 27.5 Å². The minimum absolute atomic E-state index is 0.341. The minimum atomic E-state index is -1.47. The van der Waals surface area contributed by atoms with E-state index in [1.807, 2.05) is 44.2 Å². The number of para-hydroxylation sites is 1. The summed E-state index contributed by atoms with van der Waals surface area (Å²) < 4.78 is 12.3. The molecule has 36 heavy (non-hydrogen) atoms. The molecule has 0 unspecified atom stereocenters. The van der Waals surface area contributed by atoms with Crippen molar-refractivity contribution in [2.75, 3.05) is 12.4 Å². The summed E-state index contributed by atoms with van der Waals surface area (Å²) in [5, 5.41) is 18.7. The first-order valence-electron chi connectivity index (χ1n) is 11.6. The van der Waals surface area contributed by atoms with Gasteiger partial charge in [0.1, 0.15) is 6.61 Å². The molecule has 8 nitrogen and oxygen atoms in total. The van der Waals surface area contributed by atoms with E-state index in [-0.39, 0.29) is 11.0 Å². The highest BCUT2D eigenvalue weighted by Gasteiger charge is 2.67. The van der Waals surface area contributed by atoms with Gasteiger partial charge in [-0.3, -0.25) is 20.2 Å². The molecule has 2 N–H and O–H groups in total. The Bertz CT molecular complexity index is 1350. The fourth-order valence-electron chi connectivity index (χ4n) is 5.47. The number of ether oxygens (including phenoxy) is 2. The molecule has 0 saturated carbocycles. The SMILES string of the molecule is COc1cc([C@@H]2[C@H](C)N[C@]3(C(=O)Nc4ccccc43)[C@@H]2[N+](=O)[O-])cc(Br)c1OCc1ccc(C)cc1. The minimum Gasteiger partial charge on any atom is -0.493 e. The molecule has 0 aromatic heterocycles. The van der Waals surface area contributed by atoms with Crippen LogP contribution in [0.15, 0.2) is 65.1 Å². The van der Waals surface area contributed by atoms with Gasteiger partial charge in [-0.2, -0.15) is 0 Å². The summed E-state index contributed by atoms with van der Waals surface area (Å²) in [7, 11) is 1.54. The van der Waals surface area contributed by atoms with Crippen LogP contribution in [0.25, 0.3) is 0 Å². The Morgan fingerprint density at radius 2 is 1.86 bits per heavy atom. The summed E-state index contributed by atoms with van der Waals surface area (Å²) >= 11 is 3.59. The number of nitrogens with zero attached hydrogens (tertiary/aromatic N) is 1. The standard InChI is InChI=1S/C27H26BrN3O5/c1-15-8-10-17(11-9-15)14-36-24-20(28)12-18(13-22(24)35-3)23-16(2)30-27(25(23)31(33)34)19-6-4-5-7-21(19)29-26(27)32/h4-13,16,23,25,30H,14H2,1-3H3,(H,29,32)/t16-,23-,25+,27-/m0/s1. The van der Waals surface area contributed by atoms with E-state index in [2.05, 4.69) is 26.6 Å². The largest absolute Gasteiger partial charge is 0.493 e. The Morgan fingerprint density at radius 3 is 2.56 bits per heavy atom. The van der Waals surface area contributed by atoms with Crippen LogP contribution >= 0.6 is 15.9 Å². The Balaban J connectivity index is 1.53. The maximum absolute atomic E-state index is 13.2.